The Kier molecular flexibility index (Phi) is 5.08. The van der Waals surface area contributed by atoms with Gasteiger partial charge in [0.05, 0.1) is 18.7 Å². The Bertz CT molecular complexity index is 776. The molecule has 7 nitrogen and oxygen atoms in total. The number of amides is 2. The maximum Gasteiger partial charge on any atom is 0.243 e. The number of benzene rings is 1. The lowest BCUT2D eigenvalue weighted by Gasteiger charge is -2.17. The Morgan fingerprint density at radius 2 is 2.24 bits per heavy atom. The Labute approximate surface area is 144 Å². The van der Waals surface area contributed by atoms with Crippen molar-refractivity contribution in [1.29, 1.82) is 0 Å². The van der Waals surface area contributed by atoms with Gasteiger partial charge in [-0.1, -0.05) is 6.07 Å². The van der Waals surface area contributed by atoms with Crippen molar-refractivity contribution < 1.29 is 14.0 Å². The number of halogens is 1. The highest BCUT2D eigenvalue weighted by Crippen LogP contribution is 2.27. The van der Waals surface area contributed by atoms with Crippen LogP contribution in [0.2, 0.25) is 0 Å². The molecule has 3 rings (SSSR count). The highest BCUT2D eigenvalue weighted by atomic mass is 19.1. The molecule has 1 aromatic carbocycles. The summed E-state index contributed by atoms with van der Waals surface area (Å²) in [5.41, 5.74) is 1.35. The third-order valence-corrected chi connectivity index (χ3v) is 4.24. The Hall–Kier alpha value is -2.74. The van der Waals surface area contributed by atoms with Crippen LogP contribution in [0, 0.1) is 11.7 Å². The molecule has 0 spiro atoms. The van der Waals surface area contributed by atoms with Crippen LogP contribution in [0.4, 0.5) is 10.1 Å². The number of hydrogen-bond acceptors (Lipinski definition) is 4. The minimum absolute atomic E-state index is 0.0278. The highest BCUT2D eigenvalue weighted by Gasteiger charge is 2.34. The number of rotatable bonds is 5. The molecule has 1 aliphatic heterocycles. The molecule has 0 bridgehead atoms. The fourth-order valence-corrected chi connectivity index (χ4v) is 3.01. The Balaban J connectivity index is 1.54. The summed E-state index contributed by atoms with van der Waals surface area (Å²) >= 11 is 0. The standard InChI is InChI=1S/C17H20FN5O2/c1-23-10-11(6-21-23)14-7-19-8-15(14)17(25)20-9-16(24)22-13-4-2-3-12(18)5-13/h2-6,10,14-15,19H,7-9H2,1H3,(H,20,25)(H,22,24)/t14-,15+/m1/s1. The summed E-state index contributed by atoms with van der Waals surface area (Å²) in [6, 6.07) is 5.61. The van der Waals surface area contributed by atoms with Crippen LogP contribution in [0.3, 0.4) is 0 Å². The molecule has 0 saturated carbocycles. The molecule has 0 unspecified atom stereocenters. The molecule has 2 atom stereocenters. The second-order valence-electron chi connectivity index (χ2n) is 6.09. The van der Waals surface area contributed by atoms with Gasteiger partial charge in [0.1, 0.15) is 5.82 Å². The van der Waals surface area contributed by atoms with Gasteiger partial charge >= 0.3 is 0 Å². The topological polar surface area (TPSA) is 88.0 Å². The average molecular weight is 345 g/mol. The minimum Gasteiger partial charge on any atom is -0.347 e. The lowest BCUT2D eigenvalue weighted by Crippen LogP contribution is -2.39. The number of carbonyl (C=O) groups is 2. The van der Waals surface area contributed by atoms with Crippen molar-refractivity contribution in [2.75, 3.05) is 25.0 Å². The molecule has 3 N–H and O–H groups in total. The van der Waals surface area contributed by atoms with E-state index in [9.17, 15) is 14.0 Å². The smallest absolute Gasteiger partial charge is 0.243 e. The van der Waals surface area contributed by atoms with E-state index in [1.165, 1.54) is 18.2 Å². The van der Waals surface area contributed by atoms with E-state index >= 15 is 0 Å². The van der Waals surface area contributed by atoms with E-state index in [1.54, 1.807) is 16.9 Å². The summed E-state index contributed by atoms with van der Waals surface area (Å²) in [5.74, 6) is -1.25. The number of carbonyl (C=O) groups excluding carboxylic acids is 2. The van der Waals surface area contributed by atoms with Crippen LogP contribution < -0.4 is 16.0 Å². The van der Waals surface area contributed by atoms with E-state index in [0.717, 1.165) is 5.56 Å². The van der Waals surface area contributed by atoms with Crippen molar-refractivity contribution in [2.24, 2.45) is 13.0 Å². The summed E-state index contributed by atoms with van der Waals surface area (Å²) in [7, 11) is 1.83. The largest absolute Gasteiger partial charge is 0.347 e. The molecule has 0 aliphatic carbocycles. The van der Waals surface area contributed by atoms with Crippen molar-refractivity contribution in [1.82, 2.24) is 20.4 Å². The second kappa shape index (κ2) is 7.43. The molecule has 0 radical (unpaired) electrons. The summed E-state index contributed by atoms with van der Waals surface area (Å²) in [6.45, 7) is 1.09. The zero-order valence-corrected chi connectivity index (χ0v) is 13.8. The maximum absolute atomic E-state index is 13.1. The number of aromatic nitrogens is 2. The van der Waals surface area contributed by atoms with Crippen molar-refractivity contribution in [3.63, 3.8) is 0 Å². The van der Waals surface area contributed by atoms with Gasteiger partial charge < -0.3 is 16.0 Å². The van der Waals surface area contributed by atoms with Crippen LogP contribution in [0.25, 0.3) is 0 Å². The third kappa shape index (κ3) is 4.21. The van der Waals surface area contributed by atoms with Gasteiger partial charge in [-0.05, 0) is 23.8 Å². The predicted molar refractivity (Wildman–Crippen MR) is 90.3 cm³/mol. The lowest BCUT2D eigenvalue weighted by molar-refractivity contribution is -0.127. The SMILES string of the molecule is Cn1cc([C@H]2CNC[C@@H]2C(=O)NCC(=O)Nc2cccc(F)c2)cn1. The first-order valence-electron chi connectivity index (χ1n) is 8.05. The molecule has 132 valence electrons. The first-order chi connectivity index (χ1) is 12.0. The predicted octanol–water partition coefficient (Wildman–Crippen LogP) is 0.617. The summed E-state index contributed by atoms with van der Waals surface area (Å²) in [5, 5.41) is 12.6. The summed E-state index contributed by atoms with van der Waals surface area (Å²) in [4.78, 5) is 24.3. The van der Waals surface area contributed by atoms with Crippen molar-refractivity contribution in [3.05, 3.63) is 48.0 Å². The summed E-state index contributed by atoms with van der Waals surface area (Å²) in [6.07, 6.45) is 3.66. The average Bonchev–Trinajstić information content (AvgIpc) is 3.21. The van der Waals surface area contributed by atoms with Gasteiger partial charge in [-0.3, -0.25) is 14.3 Å². The van der Waals surface area contributed by atoms with E-state index in [4.69, 9.17) is 0 Å². The number of hydrogen-bond donors (Lipinski definition) is 3. The molecule has 1 aromatic heterocycles. The Morgan fingerprint density at radius 3 is 2.96 bits per heavy atom. The lowest BCUT2D eigenvalue weighted by atomic mass is 9.90. The third-order valence-electron chi connectivity index (χ3n) is 4.24. The minimum atomic E-state index is -0.432. The molecule has 2 amide bonds. The van der Waals surface area contributed by atoms with Crippen LogP contribution in [0.5, 0.6) is 0 Å². The van der Waals surface area contributed by atoms with E-state index in [0.29, 0.717) is 18.8 Å². The molecule has 1 aliphatic rings. The quantitative estimate of drug-likeness (QED) is 0.741. The number of anilines is 1. The molecule has 2 heterocycles. The van der Waals surface area contributed by atoms with Gasteiger partial charge in [0.2, 0.25) is 11.8 Å². The van der Waals surface area contributed by atoms with E-state index in [1.807, 2.05) is 13.2 Å². The van der Waals surface area contributed by atoms with Crippen molar-refractivity contribution >= 4 is 17.5 Å². The monoisotopic (exact) mass is 345 g/mol. The van der Waals surface area contributed by atoms with E-state index < -0.39 is 11.7 Å². The van der Waals surface area contributed by atoms with Gasteiger partial charge in [0, 0.05) is 37.9 Å². The van der Waals surface area contributed by atoms with Crippen LogP contribution in [-0.2, 0) is 16.6 Å². The first-order valence-corrected chi connectivity index (χ1v) is 8.05. The first kappa shape index (κ1) is 17.1. The molecular formula is C17H20FN5O2. The van der Waals surface area contributed by atoms with Crippen LogP contribution >= 0.6 is 0 Å². The fourth-order valence-electron chi connectivity index (χ4n) is 3.01. The van der Waals surface area contributed by atoms with Gasteiger partial charge in [-0.25, -0.2) is 4.39 Å². The molecule has 8 heteroatoms. The van der Waals surface area contributed by atoms with Crippen LogP contribution in [0.1, 0.15) is 11.5 Å². The molecule has 1 fully saturated rings. The van der Waals surface area contributed by atoms with Crippen molar-refractivity contribution in [2.45, 2.75) is 5.92 Å². The van der Waals surface area contributed by atoms with E-state index in [2.05, 4.69) is 21.0 Å². The molecular weight excluding hydrogens is 325 g/mol. The Morgan fingerprint density at radius 1 is 1.40 bits per heavy atom. The van der Waals surface area contributed by atoms with Crippen LogP contribution in [-0.4, -0.2) is 41.2 Å². The van der Waals surface area contributed by atoms with Crippen molar-refractivity contribution in [3.8, 4) is 0 Å². The van der Waals surface area contributed by atoms with Gasteiger partial charge in [0.25, 0.3) is 0 Å². The fraction of sp³-hybridized carbons (Fsp3) is 0.353. The zero-order chi connectivity index (χ0) is 17.8. The number of nitrogens with one attached hydrogen (secondary N) is 3. The molecule has 2 aromatic rings. The van der Waals surface area contributed by atoms with Gasteiger partial charge in [-0.2, -0.15) is 5.10 Å². The highest BCUT2D eigenvalue weighted by molar-refractivity contribution is 5.95. The zero-order valence-electron chi connectivity index (χ0n) is 13.8. The van der Waals surface area contributed by atoms with E-state index in [-0.39, 0.29) is 24.3 Å². The number of nitrogens with zero attached hydrogens (tertiary/aromatic N) is 2. The molecule has 25 heavy (non-hydrogen) atoms. The maximum atomic E-state index is 13.1. The van der Waals surface area contributed by atoms with Gasteiger partial charge in [-0.15, -0.1) is 0 Å². The number of aryl methyl sites for hydroxylation is 1. The second-order valence-corrected chi connectivity index (χ2v) is 6.09. The van der Waals surface area contributed by atoms with Crippen LogP contribution in [0.15, 0.2) is 36.7 Å². The molecule has 1 saturated heterocycles. The normalized spacial score (nSPS) is 19.6. The van der Waals surface area contributed by atoms with Gasteiger partial charge in [0.15, 0.2) is 0 Å². The summed E-state index contributed by atoms with van der Waals surface area (Å²) < 4.78 is 14.8.